The molecule has 2 aromatic rings. The molecule has 1 aliphatic carbocycles. The van der Waals surface area contributed by atoms with E-state index in [1.54, 1.807) is 13.3 Å². The van der Waals surface area contributed by atoms with Gasteiger partial charge in [-0.1, -0.05) is 6.08 Å². The topological polar surface area (TPSA) is 71.6 Å². The van der Waals surface area contributed by atoms with Crippen LogP contribution < -0.4 is 10.5 Å². The van der Waals surface area contributed by atoms with Gasteiger partial charge in [-0.15, -0.1) is 6.58 Å². The maximum absolute atomic E-state index is 11.7. The quantitative estimate of drug-likeness (QED) is 0.826. The maximum Gasteiger partial charge on any atom is 0.119 e. The van der Waals surface area contributed by atoms with Crippen molar-refractivity contribution >= 4 is 10.9 Å². The molecule has 2 aliphatic heterocycles. The predicted molar refractivity (Wildman–Crippen MR) is 101 cm³/mol. The number of fused-ring (bicyclic) bond motifs is 1. The molecule has 26 heavy (non-hydrogen) atoms. The lowest BCUT2D eigenvalue weighted by molar-refractivity contribution is -0.0791. The Hall–Kier alpha value is -1.95. The SMILES string of the molecule is C=C[C@]1(N)C2CC(C(C)(O)c3ccnc4ccc(OC)cc34)N3CCC231. The first-order valence-corrected chi connectivity index (χ1v) is 9.25. The highest BCUT2D eigenvalue weighted by molar-refractivity contribution is 5.84. The molecule has 3 N–H and O–H groups in total. The van der Waals surface area contributed by atoms with Gasteiger partial charge in [0.2, 0.25) is 0 Å². The summed E-state index contributed by atoms with van der Waals surface area (Å²) in [5, 5.41) is 12.6. The molecular formula is C21H25N3O2. The van der Waals surface area contributed by atoms with Crippen LogP contribution in [0.1, 0.15) is 25.3 Å². The molecule has 1 aromatic carbocycles. The van der Waals surface area contributed by atoms with E-state index < -0.39 is 5.60 Å². The van der Waals surface area contributed by atoms with Crippen molar-refractivity contribution in [2.45, 2.75) is 42.5 Å². The van der Waals surface area contributed by atoms with Crippen LogP contribution in [0.4, 0.5) is 0 Å². The zero-order chi connectivity index (χ0) is 18.3. The fourth-order valence-electron chi connectivity index (χ4n) is 5.87. The molecule has 5 rings (SSSR count). The number of nitrogens with two attached hydrogens (primary N) is 1. The van der Waals surface area contributed by atoms with Crippen LogP contribution in [0.15, 0.2) is 43.1 Å². The maximum atomic E-state index is 11.7. The predicted octanol–water partition coefficient (Wildman–Crippen LogP) is 2.18. The molecule has 5 nitrogen and oxygen atoms in total. The fourth-order valence-corrected chi connectivity index (χ4v) is 5.87. The van der Waals surface area contributed by atoms with Gasteiger partial charge in [0.1, 0.15) is 11.4 Å². The van der Waals surface area contributed by atoms with Crippen molar-refractivity contribution in [3.63, 3.8) is 0 Å². The molecule has 0 amide bonds. The van der Waals surface area contributed by atoms with Crippen molar-refractivity contribution in [3.8, 4) is 5.75 Å². The van der Waals surface area contributed by atoms with Gasteiger partial charge in [-0.05, 0) is 49.6 Å². The number of nitrogens with zero attached hydrogens (tertiary/aromatic N) is 2. The van der Waals surface area contributed by atoms with Gasteiger partial charge in [-0.3, -0.25) is 9.88 Å². The summed E-state index contributed by atoms with van der Waals surface area (Å²) in [5.41, 5.74) is 7.08. The third-order valence-corrected chi connectivity index (χ3v) is 7.38. The summed E-state index contributed by atoms with van der Waals surface area (Å²) < 4.78 is 5.38. The highest BCUT2D eigenvalue weighted by Crippen LogP contribution is 2.72. The Morgan fingerprint density at radius 1 is 1.46 bits per heavy atom. The van der Waals surface area contributed by atoms with E-state index in [0.717, 1.165) is 41.6 Å². The van der Waals surface area contributed by atoms with Gasteiger partial charge in [0.25, 0.3) is 0 Å². The minimum atomic E-state index is -0.990. The van der Waals surface area contributed by atoms with Gasteiger partial charge >= 0.3 is 0 Å². The summed E-state index contributed by atoms with van der Waals surface area (Å²) in [6, 6.07) is 7.78. The number of hydrogen-bond donors (Lipinski definition) is 2. The van der Waals surface area contributed by atoms with E-state index in [1.165, 1.54) is 0 Å². The third-order valence-electron chi connectivity index (χ3n) is 7.38. The normalized spacial score (nSPS) is 37.4. The summed E-state index contributed by atoms with van der Waals surface area (Å²) in [4.78, 5) is 6.87. The number of hydrogen-bond acceptors (Lipinski definition) is 5. The van der Waals surface area contributed by atoms with Crippen LogP contribution in [0.25, 0.3) is 10.9 Å². The van der Waals surface area contributed by atoms with Crippen LogP contribution in [0.2, 0.25) is 0 Å². The Balaban J connectivity index is 1.57. The summed E-state index contributed by atoms with van der Waals surface area (Å²) in [5.74, 6) is 1.16. The van der Waals surface area contributed by atoms with Crippen LogP contribution in [0.3, 0.4) is 0 Å². The number of ether oxygens (including phenoxy) is 1. The molecule has 136 valence electrons. The van der Waals surface area contributed by atoms with E-state index in [2.05, 4.69) is 16.5 Å². The van der Waals surface area contributed by atoms with Gasteiger partial charge in [0.05, 0.1) is 18.2 Å². The average molecular weight is 351 g/mol. The van der Waals surface area contributed by atoms with E-state index >= 15 is 0 Å². The van der Waals surface area contributed by atoms with Crippen molar-refractivity contribution in [3.05, 3.63) is 48.7 Å². The van der Waals surface area contributed by atoms with Gasteiger partial charge in [0, 0.05) is 35.6 Å². The van der Waals surface area contributed by atoms with Crippen molar-refractivity contribution < 1.29 is 9.84 Å². The third kappa shape index (κ3) is 1.65. The van der Waals surface area contributed by atoms with E-state index in [-0.39, 0.29) is 17.1 Å². The standard InChI is InChI=1S/C21H25N3O2/c1-4-20(22)17-12-18(24-10-8-21(17,20)24)19(2,25)15-7-9-23-16-6-5-13(26-3)11-14(15)16/h4-7,9,11,17-18,25H,1,8,10,12,22H2,2-3H3/t17?,18?,19?,20-,21?/m0/s1. The Morgan fingerprint density at radius 3 is 2.88 bits per heavy atom. The largest absolute Gasteiger partial charge is 0.497 e. The summed E-state index contributed by atoms with van der Waals surface area (Å²) in [6.45, 7) is 6.87. The minimum absolute atomic E-state index is 0.0178. The van der Waals surface area contributed by atoms with Crippen molar-refractivity contribution in [1.82, 2.24) is 9.88 Å². The number of pyridine rings is 1. The Bertz CT molecular complexity index is 927. The second-order valence-electron chi connectivity index (χ2n) is 8.20. The molecule has 0 radical (unpaired) electrons. The molecule has 3 fully saturated rings. The average Bonchev–Trinajstić information content (AvgIpc) is 3.09. The van der Waals surface area contributed by atoms with Crippen LogP contribution in [-0.2, 0) is 5.60 Å². The Morgan fingerprint density at radius 2 is 2.27 bits per heavy atom. The molecule has 5 atom stereocenters. The highest BCUT2D eigenvalue weighted by Gasteiger charge is 2.84. The summed E-state index contributed by atoms with van der Waals surface area (Å²) >= 11 is 0. The molecular weight excluding hydrogens is 326 g/mol. The zero-order valence-electron chi connectivity index (χ0n) is 15.3. The summed E-state index contributed by atoms with van der Waals surface area (Å²) in [6.07, 6.45) is 5.68. The van der Waals surface area contributed by atoms with Crippen LogP contribution in [-0.4, -0.2) is 45.8 Å². The van der Waals surface area contributed by atoms with Crippen LogP contribution in [0.5, 0.6) is 5.75 Å². The van der Waals surface area contributed by atoms with E-state index in [1.807, 2.05) is 37.3 Å². The Labute approximate surface area is 153 Å². The number of rotatable bonds is 4. The van der Waals surface area contributed by atoms with Crippen LogP contribution in [0, 0.1) is 5.92 Å². The molecule has 1 saturated carbocycles. The van der Waals surface area contributed by atoms with Crippen molar-refractivity contribution in [1.29, 1.82) is 0 Å². The highest BCUT2D eigenvalue weighted by atomic mass is 16.5. The van der Waals surface area contributed by atoms with Gasteiger partial charge in [-0.25, -0.2) is 0 Å². The van der Waals surface area contributed by atoms with E-state index in [4.69, 9.17) is 10.5 Å². The molecule has 3 heterocycles. The monoisotopic (exact) mass is 351 g/mol. The zero-order valence-corrected chi connectivity index (χ0v) is 15.3. The lowest BCUT2D eigenvalue weighted by Gasteiger charge is -2.50. The van der Waals surface area contributed by atoms with E-state index in [9.17, 15) is 5.11 Å². The van der Waals surface area contributed by atoms with Gasteiger partial charge < -0.3 is 15.6 Å². The van der Waals surface area contributed by atoms with Crippen LogP contribution >= 0.6 is 0 Å². The smallest absolute Gasteiger partial charge is 0.119 e. The second-order valence-corrected chi connectivity index (χ2v) is 8.20. The molecule has 0 bridgehead atoms. The molecule has 1 aromatic heterocycles. The first-order valence-electron chi connectivity index (χ1n) is 9.25. The molecule has 4 unspecified atom stereocenters. The Kier molecular flexibility index (Phi) is 3.03. The number of aliphatic hydroxyl groups is 1. The first-order chi connectivity index (χ1) is 12.4. The molecule has 1 spiro atoms. The van der Waals surface area contributed by atoms with Crippen molar-refractivity contribution in [2.24, 2.45) is 11.7 Å². The number of methoxy groups -OCH3 is 1. The number of aromatic nitrogens is 1. The molecule has 3 aliphatic rings. The molecule has 2 saturated heterocycles. The van der Waals surface area contributed by atoms with Crippen molar-refractivity contribution in [2.75, 3.05) is 13.7 Å². The lowest BCUT2D eigenvalue weighted by atomic mass is 9.81. The van der Waals surface area contributed by atoms with Gasteiger partial charge in [-0.2, -0.15) is 0 Å². The summed E-state index contributed by atoms with van der Waals surface area (Å²) in [7, 11) is 1.65. The number of benzene rings is 1. The fraction of sp³-hybridized carbons (Fsp3) is 0.476. The first kappa shape index (κ1) is 16.2. The lowest BCUT2D eigenvalue weighted by Crippen LogP contribution is -2.63. The second kappa shape index (κ2) is 4.85. The minimum Gasteiger partial charge on any atom is -0.497 e. The molecule has 5 heteroatoms. The van der Waals surface area contributed by atoms with E-state index in [0.29, 0.717) is 5.92 Å². The number of piperidine rings is 1. The van der Waals surface area contributed by atoms with Gasteiger partial charge in [0.15, 0.2) is 0 Å².